The Bertz CT molecular complexity index is 576. The number of piperidine rings is 1. The van der Waals surface area contributed by atoms with E-state index in [0.29, 0.717) is 13.0 Å². The lowest BCUT2D eigenvalue weighted by molar-refractivity contribution is -0.143. The molecule has 0 aromatic heterocycles. The summed E-state index contributed by atoms with van der Waals surface area (Å²) < 4.78 is 9.82. The molecule has 1 aliphatic heterocycles. The lowest BCUT2D eigenvalue weighted by Gasteiger charge is -2.25. The number of esters is 1. The first kappa shape index (κ1) is 17.8. The number of ether oxygens (including phenoxy) is 2. The zero-order valence-electron chi connectivity index (χ0n) is 13.6. The van der Waals surface area contributed by atoms with Gasteiger partial charge in [-0.2, -0.15) is 0 Å². The molecule has 24 heavy (non-hydrogen) atoms. The maximum atomic E-state index is 11.9. The molecule has 1 fully saturated rings. The van der Waals surface area contributed by atoms with Gasteiger partial charge in [0.15, 0.2) is 0 Å². The van der Waals surface area contributed by atoms with E-state index in [1.807, 2.05) is 30.3 Å². The lowest BCUT2D eigenvalue weighted by atomic mass is 9.91. The van der Waals surface area contributed by atoms with E-state index in [4.69, 9.17) is 9.47 Å². The van der Waals surface area contributed by atoms with Gasteiger partial charge in [0.25, 0.3) is 0 Å². The van der Waals surface area contributed by atoms with Crippen molar-refractivity contribution in [1.82, 2.24) is 10.6 Å². The molecule has 1 heterocycles. The summed E-state index contributed by atoms with van der Waals surface area (Å²) in [5, 5.41) is 5.25. The fourth-order valence-electron chi connectivity index (χ4n) is 2.61. The standard InChI is InChI=1S/C17H22N2O5/c1-23-16(21)14(10-13-8-5-9-18-15(13)20)19-17(22)24-11-12-6-3-2-4-7-12/h2-4,6-7,13-14H,5,8-11H2,1H3,(H,18,20)(H,19,22). The number of carbonyl (C=O) groups excluding carboxylic acids is 3. The molecule has 2 rings (SSSR count). The normalized spacial score (nSPS) is 18.2. The van der Waals surface area contributed by atoms with Gasteiger partial charge in [-0.05, 0) is 24.8 Å². The molecule has 0 aliphatic carbocycles. The number of benzene rings is 1. The van der Waals surface area contributed by atoms with E-state index in [1.54, 1.807) is 0 Å². The third kappa shape index (κ3) is 5.26. The number of hydrogen-bond donors (Lipinski definition) is 2. The van der Waals surface area contributed by atoms with Crippen LogP contribution in [0.4, 0.5) is 4.79 Å². The van der Waals surface area contributed by atoms with Crippen molar-refractivity contribution < 1.29 is 23.9 Å². The average molecular weight is 334 g/mol. The highest BCUT2D eigenvalue weighted by atomic mass is 16.6. The number of alkyl carbamates (subject to hydrolysis) is 1. The van der Waals surface area contributed by atoms with Gasteiger partial charge in [-0.1, -0.05) is 30.3 Å². The highest BCUT2D eigenvalue weighted by Gasteiger charge is 2.31. The number of methoxy groups -OCH3 is 1. The molecule has 2 N–H and O–H groups in total. The molecule has 7 nitrogen and oxygen atoms in total. The summed E-state index contributed by atoms with van der Waals surface area (Å²) in [5.41, 5.74) is 0.842. The van der Waals surface area contributed by atoms with Gasteiger partial charge < -0.3 is 20.1 Å². The van der Waals surface area contributed by atoms with Crippen molar-refractivity contribution in [3.8, 4) is 0 Å². The van der Waals surface area contributed by atoms with Crippen molar-refractivity contribution in [3.63, 3.8) is 0 Å². The van der Waals surface area contributed by atoms with Crippen molar-refractivity contribution in [2.45, 2.75) is 31.9 Å². The number of rotatable bonds is 6. The van der Waals surface area contributed by atoms with Gasteiger partial charge in [-0.15, -0.1) is 0 Å². The van der Waals surface area contributed by atoms with E-state index in [0.717, 1.165) is 12.0 Å². The summed E-state index contributed by atoms with van der Waals surface area (Å²) in [7, 11) is 1.24. The van der Waals surface area contributed by atoms with Crippen molar-refractivity contribution in [3.05, 3.63) is 35.9 Å². The molecule has 7 heteroatoms. The molecule has 130 valence electrons. The predicted molar refractivity (Wildman–Crippen MR) is 85.9 cm³/mol. The molecule has 1 aliphatic rings. The first-order valence-electron chi connectivity index (χ1n) is 7.93. The highest BCUT2D eigenvalue weighted by molar-refractivity contribution is 5.84. The second-order valence-electron chi connectivity index (χ2n) is 5.65. The van der Waals surface area contributed by atoms with Crippen LogP contribution in [0.2, 0.25) is 0 Å². The topological polar surface area (TPSA) is 93.7 Å². The van der Waals surface area contributed by atoms with Gasteiger partial charge in [-0.25, -0.2) is 9.59 Å². The minimum Gasteiger partial charge on any atom is -0.467 e. The molecule has 0 bridgehead atoms. The van der Waals surface area contributed by atoms with Gasteiger partial charge >= 0.3 is 12.1 Å². The summed E-state index contributed by atoms with van der Waals surface area (Å²) in [5.74, 6) is -1.02. The SMILES string of the molecule is COC(=O)C(CC1CCCNC1=O)NC(=O)OCc1ccccc1. The Morgan fingerprint density at radius 1 is 1.33 bits per heavy atom. The summed E-state index contributed by atoms with van der Waals surface area (Å²) in [6.07, 6.45) is 1.01. The van der Waals surface area contributed by atoms with Crippen LogP contribution in [0, 0.1) is 5.92 Å². The maximum absolute atomic E-state index is 11.9. The zero-order chi connectivity index (χ0) is 17.4. The van der Waals surface area contributed by atoms with Crippen LogP contribution in [0.25, 0.3) is 0 Å². The Labute approximate surface area is 140 Å². The van der Waals surface area contributed by atoms with Gasteiger partial charge in [0.1, 0.15) is 12.6 Å². The summed E-state index contributed by atoms with van der Waals surface area (Å²) >= 11 is 0. The quantitative estimate of drug-likeness (QED) is 0.767. The van der Waals surface area contributed by atoms with E-state index >= 15 is 0 Å². The van der Waals surface area contributed by atoms with Crippen LogP contribution >= 0.6 is 0 Å². The molecular formula is C17H22N2O5. The van der Waals surface area contributed by atoms with Crippen LogP contribution in [0.15, 0.2) is 30.3 Å². The third-order valence-corrected chi connectivity index (χ3v) is 3.91. The van der Waals surface area contributed by atoms with E-state index in [-0.39, 0.29) is 24.9 Å². The Morgan fingerprint density at radius 2 is 2.08 bits per heavy atom. The Hall–Kier alpha value is -2.57. The van der Waals surface area contributed by atoms with Gasteiger partial charge in [0, 0.05) is 12.5 Å². The molecule has 2 atom stereocenters. The highest BCUT2D eigenvalue weighted by Crippen LogP contribution is 2.18. The molecule has 1 saturated heterocycles. The third-order valence-electron chi connectivity index (χ3n) is 3.91. The fraction of sp³-hybridized carbons (Fsp3) is 0.471. The largest absolute Gasteiger partial charge is 0.467 e. The molecule has 1 aromatic carbocycles. The minimum atomic E-state index is -0.910. The number of nitrogens with one attached hydrogen (secondary N) is 2. The summed E-state index contributed by atoms with van der Waals surface area (Å²) in [6, 6.07) is 8.30. The van der Waals surface area contributed by atoms with Crippen molar-refractivity contribution in [1.29, 1.82) is 0 Å². The second kappa shape index (κ2) is 8.90. The number of amides is 2. The van der Waals surface area contributed by atoms with Crippen molar-refractivity contribution >= 4 is 18.0 Å². The predicted octanol–water partition coefficient (Wildman–Crippen LogP) is 1.37. The molecule has 0 saturated carbocycles. The van der Waals surface area contributed by atoms with Gasteiger partial charge in [-0.3, -0.25) is 4.79 Å². The Kier molecular flexibility index (Phi) is 6.60. The van der Waals surface area contributed by atoms with Crippen molar-refractivity contribution in [2.24, 2.45) is 5.92 Å². The molecule has 1 aromatic rings. The summed E-state index contributed by atoms with van der Waals surface area (Å²) in [4.78, 5) is 35.6. The monoisotopic (exact) mass is 334 g/mol. The molecule has 2 amide bonds. The van der Waals surface area contributed by atoms with Gasteiger partial charge in [0.05, 0.1) is 7.11 Å². The van der Waals surface area contributed by atoms with Crippen LogP contribution in [-0.2, 0) is 25.7 Å². The molecule has 0 spiro atoms. The molecular weight excluding hydrogens is 312 g/mol. The van der Waals surface area contributed by atoms with Gasteiger partial charge in [0.2, 0.25) is 5.91 Å². The first-order valence-corrected chi connectivity index (χ1v) is 7.93. The van der Waals surface area contributed by atoms with Crippen LogP contribution < -0.4 is 10.6 Å². The fourth-order valence-corrected chi connectivity index (χ4v) is 2.61. The first-order chi connectivity index (χ1) is 11.6. The minimum absolute atomic E-state index is 0.102. The summed E-state index contributed by atoms with van der Waals surface area (Å²) in [6.45, 7) is 0.745. The molecule has 0 radical (unpaired) electrons. The van der Waals surface area contributed by atoms with E-state index in [9.17, 15) is 14.4 Å². The zero-order valence-corrected chi connectivity index (χ0v) is 13.6. The maximum Gasteiger partial charge on any atom is 0.408 e. The van der Waals surface area contributed by atoms with Crippen molar-refractivity contribution in [2.75, 3.05) is 13.7 Å². The van der Waals surface area contributed by atoms with E-state index in [1.165, 1.54) is 7.11 Å². The average Bonchev–Trinajstić information content (AvgIpc) is 2.61. The van der Waals surface area contributed by atoms with E-state index < -0.39 is 18.1 Å². The number of hydrogen-bond acceptors (Lipinski definition) is 5. The Morgan fingerprint density at radius 3 is 2.75 bits per heavy atom. The van der Waals surface area contributed by atoms with Crippen LogP contribution in [0.3, 0.4) is 0 Å². The lowest BCUT2D eigenvalue weighted by Crippen LogP contribution is -2.46. The van der Waals surface area contributed by atoms with Crippen LogP contribution in [-0.4, -0.2) is 37.7 Å². The van der Waals surface area contributed by atoms with Crippen LogP contribution in [0.5, 0.6) is 0 Å². The smallest absolute Gasteiger partial charge is 0.408 e. The van der Waals surface area contributed by atoms with E-state index in [2.05, 4.69) is 10.6 Å². The second-order valence-corrected chi connectivity index (χ2v) is 5.65. The van der Waals surface area contributed by atoms with Crippen LogP contribution in [0.1, 0.15) is 24.8 Å². The number of carbonyl (C=O) groups is 3. The molecule has 2 unspecified atom stereocenters. The Balaban J connectivity index is 1.89.